The van der Waals surface area contributed by atoms with Crippen LogP contribution in [0.25, 0.3) is 0 Å². The van der Waals surface area contributed by atoms with E-state index in [9.17, 15) is 10.2 Å². The molecule has 0 spiro atoms. The van der Waals surface area contributed by atoms with E-state index < -0.39 is 6.10 Å². The second-order valence-corrected chi connectivity index (χ2v) is 9.51. The number of ether oxygens (including phenoxy) is 1. The molecule has 0 radical (unpaired) electrons. The Morgan fingerprint density at radius 2 is 2.03 bits per heavy atom. The molecule has 4 heteroatoms. The third kappa shape index (κ3) is 6.69. The molecular formula is C26H41NO3. The zero-order chi connectivity index (χ0) is 21.3. The smallest absolute Gasteiger partial charge is 0.0755 e. The van der Waals surface area contributed by atoms with Crippen LogP contribution in [0, 0.1) is 35.5 Å². The molecule has 0 aromatic rings. The first kappa shape index (κ1) is 23.5. The fraction of sp³-hybridized carbons (Fsp3) is 0.769. The maximum absolute atomic E-state index is 10.6. The van der Waals surface area contributed by atoms with Gasteiger partial charge in [-0.3, -0.25) is 4.90 Å². The summed E-state index contributed by atoms with van der Waals surface area (Å²) in [5, 5.41) is 20.9. The van der Waals surface area contributed by atoms with E-state index in [4.69, 9.17) is 4.74 Å². The van der Waals surface area contributed by atoms with Gasteiger partial charge in [0.05, 0.1) is 25.4 Å². The number of aliphatic hydroxyl groups is 2. The van der Waals surface area contributed by atoms with Crippen molar-refractivity contribution in [3.63, 3.8) is 0 Å². The Labute approximate surface area is 183 Å². The highest BCUT2D eigenvalue weighted by atomic mass is 16.5. The molecule has 1 unspecified atom stereocenters. The van der Waals surface area contributed by atoms with Crippen molar-refractivity contribution in [2.24, 2.45) is 23.7 Å². The quantitative estimate of drug-likeness (QED) is 0.342. The largest absolute Gasteiger partial charge is 0.392 e. The minimum Gasteiger partial charge on any atom is -0.392 e. The summed E-state index contributed by atoms with van der Waals surface area (Å²) in [5.74, 6) is 7.39. The molecule has 168 valence electrons. The molecule has 1 saturated heterocycles. The Morgan fingerprint density at radius 1 is 1.23 bits per heavy atom. The van der Waals surface area contributed by atoms with Gasteiger partial charge in [0.2, 0.25) is 0 Å². The molecule has 1 aliphatic heterocycles. The van der Waals surface area contributed by atoms with Crippen molar-refractivity contribution in [2.75, 3.05) is 32.8 Å². The molecule has 2 N–H and O–H groups in total. The Kier molecular flexibility index (Phi) is 9.46. The SMILES string of the molecule is CC#CCC(C)[C@H](O)/C=C/[C@@H]1[C@H]2C/C(=C/CCCCN3CCOCC3)C[C@H]2C[C@H]1O. The molecule has 2 saturated carbocycles. The summed E-state index contributed by atoms with van der Waals surface area (Å²) >= 11 is 0. The zero-order valence-corrected chi connectivity index (χ0v) is 18.9. The van der Waals surface area contributed by atoms with Gasteiger partial charge in [0.25, 0.3) is 0 Å². The lowest BCUT2D eigenvalue weighted by Gasteiger charge is -2.26. The topological polar surface area (TPSA) is 52.9 Å². The highest BCUT2D eigenvalue weighted by Gasteiger charge is 2.44. The predicted molar refractivity (Wildman–Crippen MR) is 122 cm³/mol. The van der Waals surface area contributed by atoms with E-state index in [2.05, 4.69) is 28.9 Å². The van der Waals surface area contributed by atoms with Crippen molar-refractivity contribution >= 4 is 0 Å². The Balaban J connectivity index is 1.42. The second-order valence-electron chi connectivity index (χ2n) is 9.51. The average molecular weight is 416 g/mol. The summed E-state index contributed by atoms with van der Waals surface area (Å²) in [4.78, 5) is 2.51. The third-order valence-electron chi connectivity index (χ3n) is 7.29. The van der Waals surface area contributed by atoms with Gasteiger partial charge in [0.1, 0.15) is 0 Å². The van der Waals surface area contributed by atoms with Crippen molar-refractivity contribution in [3.8, 4) is 11.8 Å². The van der Waals surface area contributed by atoms with Crippen LogP contribution in [-0.2, 0) is 4.74 Å². The molecule has 6 atom stereocenters. The number of hydrogen-bond donors (Lipinski definition) is 2. The van der Waals surface area contributed by atoms with E-state index in [1.54, 1.807) is 5.57 Å². The van der Waals surface area contributed by atoms with Gasteiger partial charge in [-0.2, -0.15) is 0 Å². The number of allylic oxidation sites excluding steroid dienone is 2. The lowest BCUT2D eigenvalue weighted by Crippen LogP contribution is -2.36. The molecule has 0 bridgehead atoms. The standard InChI is InChI=1S/C26H41NO3/c1-3-4-8-20(2)25(28)11-10-23-24-18-21(17-22(24)19-26(23)29)9-6-5-7-12-27-13-15-30-16-14-27/h9-11,20,22-26,28-29H,5-8,12-19H2,1-2H3/b11-10+,21-9+/t20?,22-,23+,24-,25+,26+/m0/s1. The number of nitrogens with zero attached hydrogens (tertiary/aromatic N) is 1. The average Bonchev–Trinajstić information content (AvgIpc) is 3.27. The number of morpholine rings is 1. The van der Waals surface area contributed by atoms with Crippen molar-refractivity contribution < 1.29 is 14.9 Å². The van der Waals surface area contributed by atoms with Crippen LogP contribution in [0.15, 0.2) is 23.8 Å². The van der Waals surface area contributed by atoms with E-state index in [-0.39, 0.29) is 17.9 Å². The van der Waals surface area contributed by atoms with Crippen LogP contribution in [-0.4, -0.2) is 60.2 Å². The monoisotopic (exact) mass is 415 g/mol. The number of fused-ring (bicyclic) bond motifs is 1. The van der Waals surface area contributed by atoms with Crippen molar-refractivity contribution in [1.29, 1.82) is 0 Å². The number of aliphatic hydroxyl groups excluding tert-OH is 2. The lowest BCUT2D eigenvalue weighted by molar-refractivity contribution is 0.0372. The fourth-order valence-electron chi connectivity index (χ4n) is 5.37. The van der Waals surface area contributed by atoms with E-state index >= 15 is 0 Å². The van der Waals surface area contributed by atoms with Crippen molar-refractivity contribution in [1.82, 2.24) is 4.90 Å². The van der Waals surface area contributed by atoms with Gasteiger partial charge in [-0.1, -0.05) is 30.7 Å². The summed E-state index contributed by atoms with van der Waals surface area (Å²) in [6.45, 7) is 9.00. The van der Waals surface area contributed by atoms with E-state index in [0.717, 1.165) is 45.6 Å². The molecule has 3 rings (SSSR count). The van der Waals surface area contributed by atoms with Gasteiger partial charge in [0.15, 0.2) is 0 Å². The molecule has 3 aliphatic rings. The lowest BCUT2D eigenvalue weighted by atomic mass is 9.89. The first-order chi connectivity index (χ1) is 14.6. The molecule has 0 aromatic carbocycles. The van der Waals surface area contributed by atoms with E-state index in [1.165, 1.54) is 25.8 Å². The molecule has 0 aromatic heterocycles. The maximum atomic E-state index is 10.6. The summed E-state index contributed by atoms with van der Waals surface area (Å²) in [6, 6.07) is 0. The summed E-state index contributed by atoms with van der Waals surface area (Å²) in [7, 11) is 0. The molecule has 1 heterocycles. The first-order valence-corrected chi connectivity index (χ1v) is 12.0. The van der Waals surface area contributed by atoms with Gasteiger partial charge in [-0.25, -0.2) is 0 Å². The van der Waals surface area contributed by atoms with Crippen LogP contribution in [0.5, 0.6) is 0 Å². The Bertz CT molecular complexity index is 640. The minimum atomic E-state index is -0.486. The Morgan fingerprint density at radius 3 is 2.80 bits per heavy atom. The molecular weight excluding hydrogens is 374 g/mol. The number of rotatable bonds is 9. The van der Waals surface area contributed by atoms with Crippen LogP contribution >= 0.6 is 0 Å². The van der Waals surface area contributed by atoms with Crippen molar-refractivity contribution in [2.45, 2.75) is 71.0 Å². The van der Waals surface area contributed by atoms with Gasteiger partial charge >= 0.3 is 0 Å². The van der Waals surface area contributed by atoms with Crippen LogP contribution < -0.4 is 0 Å². The molecule has 0 amide bonds. The van der Waals surface area contributed by atoms with E-state index in [1.807, 2.05) is 19.9 Å². The molecule has 4 nitrogen and oxygen atoms in total. The van der Waals surface area contributed by atoms with Gasteiger partial charge in [-0.15, -0.1) is 11.8 Å². The Hall–Kier alpha value is -1.12. The predicted octanol–water partition coefficient (Wildman–Crippen LogP) is 3.79. The highest BCUT2D eigenvalue weighted by molar-refractivity contribution is 5.18. The number of unbranched alkanes of at least 4 members (excludes halogenated alkanes) is 2. The maximum Gasteiger partial charge on any atom is 0.0755 e. The third-order valence-corrected chi connectivity index (χ3v) is 7.29. The number of hydrogen-bond acceptors (Lipinski definition) is 4. The molecule has 3 fully saturated rings. The molecule has 2 aliphatic carbocycles. The highest BCUT2D eigenvalue weighted by Crippen LogP contribution is 2.50. The normalized spacial score (nSPS) is 32.9. The van der Waals surface area contributed by atoms with Crippen LogP contribution in [0.1, 0.15) is 58.8 Å². The van der Waals surface area contributed by atoms with Crippen LogP contribution in [0.2, 0.25) is 0 Å². The van der Waals surface area contributed by atoms with Crippen molar-refractivity contribution in [3.05, 3.63) is 23.8 Å². The fourth-order valence-corrected chi connectivity index (χ4v) is 5.37. The minimum absolute atomic E-state index is 0.125. The second kappa shape index (κ2) is 12.1. The van der Waals surface area contributed by atoms with Gasteiger partial charge < -0.3 is 14.9 Å². The summed E-state index contributed by atoms with van der Waals surface area (Å²) in [5.41, 5.74) is 1.59. The summed E-state index contributed by atoms with van der Waals surface area (Å²) in [6.07, 6.45) is 13.3. The molecule has 30 heavy (non-hydrogen) atoms. The van der Waals surface area contributed by atoms with E-state index in [0.29, 0.717) is 18.3 Å². The van der Waals surface area contributed by atoms with Gasteiger partial charge in [-0.05, 0) is 69.7 Å². The van der Waals surface area contributed by atoms with Crippen LogP contribution in [0.4, 0.5) is 0 Å². The first-order valence-electron chi connectivity index (χ1n) is 12.0. The van der Waals surface area contributed by atoms with Gasteiger partial charge in [0, 0.05) is 25.4 Å². The summed E-state index contributed by atoms with van der Waals surface area (Å²) < 4.78 is 5.41. The van der Waals surface area contributed by atoms with Crippen LogP contribution in [0.3, 0.4) is 0 Å². The zero-order valence-electron chi connectivity index (χ0n) is 18.9.